The van der Waals surface area contributed by atoms with Gasteiger partial charge in [0.05, 0.1) is 26.8 Å². The summed E-state index contributed by atoms with van der Waals surface area (Å²) in [5.74, 6) is 3.97. The molecular weight excluding hydrogens is 492 g/mol. The van der Waals surface area contributed by atoms with Crippen LogP contribution in [0, 0.1) is 0 Å². The molecule has 2 fully saturated rings. The van der Waals surface area contributed by atoms with Crippen LogP contribution in [-0.2, 0) is 6.54 Å². The van der Waals surface area contributed by atoms with Gasteiger partial charge in [-0.1, -0.05) is 18.9 Å². The molecule has 5 rings (SSSR count). The summed E-state index contributed by atoms with van der Waals surface area (Å²) >= 11 is 0. The first kappa shape index (κ1) is 27.1. The van der Waals surface area contributed by atoms with E-state index in [4.69, 9.17) is 24.2 Å². The molecule has 1 aromatic heterocycles. The summed E-state index contributed by atoms with van der Waals surface area (Å²) in [7, 11) is 7.04. The van der Waals surface area contributed by atoms with Crippen molar-refractivity contribution in [1.29, 1.82) is 0 Å². The first-order chi connectivity index (χ1) is 19.1. The number of anilines is 3. The first-order valence-electron chi connectivity index (χ1n) is 14.1. The van der Waals surface area contributed by atoms with Crippen LogP contribution in [0.3, 0.4) is 0 Å². The topological polar surface area (TPSA) is 84.0 Å². The Morgan fingerprint density at radius 3 is 2.21 bits per heavy atom. The minimum Gasteiger partial charge on any atom is -0.496 e. The second-order valence-electron chi connectivity index (χ2n) is 10.4. The van der Waals surface area contributed by atoms with Gasteiger partial charge in [0.25, 0.3) is 0 Å². The number of hydrogen-bond acceptors (Lipinski definition) is 9. The fourth-order valence-electron chi connectivity index (χ4n) is 5.77. The molecule has 0 atom stereocenters. The molecule has 2 saturated heterocycles. The van der Waals surface area contributed by atoms with E-state index < -0.39 is 0 Å². The summed E-state index contributed by atoms with van der Waals surface area (Å²) in [4.78, 5) is 14.9. The molecule has 0 unspecified atom stereocenters. The summed E-state index contributed by atoms with van der Waals surface area (Å²) in [5.41, 5.74) is 3.20. The van der Waals surface area contributed by atoms with Gasteiger partial charge < -0.3 is 29.7 Å². The van der Waals surface area contributed by atoms with Crippen LogP contribution in [0.15, 0.2) is 30.3 Å². The molecule has 3 aromatic rings. The highest BCUT2D eigenvalue weighted by Crippen LogP contribution is 2.36. The fourth-order valence-corrected chi connectivity index (χ4v) is 5.77. The molecular formula is C30H42N6O3. The Labute approximate surface area is 231 Å². The third kappa shape index (κ3) is 6.08. The molecule has 9 heteroatoms. The molecule has 2 aliphatic rings. The summed E-state index contributed by atoms with van der Waals surface area (Å²) in [6.45, 7) is 4.85. The van der Waals surface area contributed by atoms with Gasteiger partial charge in [0.2, 0.25) is 5.95 Å². The zero-order chi connectivity index (χ0) is 27.2. The largest absolute Gasteiger partial charge is 0.496 e. The smallest absolute Gasteiger partial charge is 0.227 e. The Morgan fingerprint density at radius 2 is 1.54 bits per heavy atom. The number of benzene rings is 2. The molecule has 0 spiro atoms. The fraction of sp³-hybridized carbons (Fsp3) is 0.533. The molecule has 210 valence electrons. The van der Waals surface area contributed by atoms with Crippen LogP contribution in [-0.4, -0.2) is 75.5 Å². The molecule has 0 aliphatic carbocycles. The number of nitrogens with one attached hydrogen (secondary N) is 2. The summed E-state index contributed by atoms with van der Waals surface area (Å²) < 4.78 is 16.9. The highest BCUT2D eigenvalue weighted by Gasteiger charge is 2.24. The highest BCUT2D eigenvalue weighted by molar-refractivity contribution is 5.93. The number of rotatable bonds is 9. The Hall–Kier alpha value is -3.46. The van der Waals surface area contributed by atoms with Crippen molar-refractivity contribution in [3.8, 4) is 17.2 Å². The quantitative estimate of drug-likeness (QED) is 0.387. The Balaban J connectivity index is 1.36. The van der Waals surface area contributed by atoms with E-state index in [9.17, 15) is 0 Å². The number of ether oxygens (including phenoxy) is 3. The SMILES string of the molecule is CNc1cccc(OC)c1CN1CCC(Nc2nc(N3CCCCCC3)nc3cc(OC)c(OC)cc23)CC1. The Morgan fingerprint density at radius 1 is 0.846 bits per heavy atom. The van der Waals surface area contributed by atoms with E-state index in [1.807, 2.05) is 31.3 Å². The van der Waals surface area contributed by atoms with E-state index in [-0.39, 0.29) is 0 Å². The third-order valence-electron chi connectivity index (χ3n) is 8.01. The predicted octanol–water partition coefficient (Wildman–Crippen LogP) is 5.15. The number of likely N-dealkylation sites (tertiary alicyclic amines) is 1. The molecule has 2 aromatic carbocycles. The van der Waals surface area contributed by atoms with Crippen LogP contribution < -0.4 is 29.7 Å². The van der Waals surface area contributed by atoms with Gasteiger partial charge in [0.15, 0.2) is 11.5 Å². The molecule has 39 heavy (non-hydrogen) atoms. The summed E-state index contributed by atoms with van der Waals surface area (Å²) in [6.07, 6.45) is 6.95. The van der Waals surface area contributed by atoms with Crippen molar-refractivity contribution in [2.45, 2.75) is 51.1 Å². The summed E-state index contributed by atoms with van der Waals surface area (Å²) in [5, 5.41) is 8.07. The van der Waals surface area contributed by atoms with Gasteiger partial charge >= 0.3 is 0 Å². The van der Waals surface area contributed by atoms with Gasteiger partial charge in [-0.25, -0.2) is 4.98 Å². The normalized spacial score (nSPS) is 17.1. The van der Waals surface area contributed by atoms with E-state index in [2.05, 4.69) is 26.5 Å². The monoisotopic (exact) mass is 534 g/mol. The first-order valence-corrected chi connectivity index (χ1v) is 14.1. The van der Waals surface area contributed by atoms with Crippen LogP contribution in [0.25, 0.3) is 10.9 Å². The van der Waals surface area contributed by atoms with Crippen molar-refractivity contribution in [3.63, 3.8) is 0 Å². The van der Waals surface area contributed by atoms with Gasteiger partial charge in [0, 0.05) is 68.5 Å². The standard InChI is InChI=1S/C30H42N6O3/c1-31-24-10-9-11-26(37-2)23(24)20-35-16-12-21(13-17-35)32-29-22-18-27(38-3)28(39-4)19-25(22)33-30(34-29)36-14-7-5-6-8-15-36/h9-11,18-19,21,31H,5-8,12-17,20H2,1-4H3,(H,32,33,34). The lowest BCUT2D eigenvalue weighted by molar-refractivity contribution is 0.209. The minimum absolute atomic E-state index is 0.325. The van der Waals surface area contributed by atoms with Crippen LogP contribution in [0.4, 0.5) is 17.5 Å². The molecule has 0 radical (unpaired) electrons. The number of methoxy groups -OCH3 is 3. The maximum Gasteiger partial charge on any atom is 0.227 e. The van der Waals surface area contributed by atoms with Crippen molar-refractivity contribution < 1.29 is 14.2 Å². The number of nitrogens with zero attached hydrogens (tertiary/aromatic N) is 4. The van der Waals surface area contributed by atoms with E-state index in [1.165, 1.54) is 31.2 Å². The van der Waals surface area contributed by atoms with Crippen molar-refractivity contribution >= 4 is 28.4 Å². The van der Waals surface area contributed by atoms with Crippen LogP contribution in [0.1, 0.15) is 44.1 Å². The third-order valence-corrected chi connectivity index (χ3v) is 8.01. The summed E-state index contributed by atoms with van der Waals surface area (Å²) in [6, 6.07) is 10.5. The molecule has 0 bridgehead atoms. The van der Waals surface area contributed by atoms with E-state index in [0.29, 0.717) is 17.5 Å². The number of fused-ring (bicyclic) bond motifs is 1. The van der Waals surface area contributed by atoms with Gasteiger partial charge in [0.1, 0.15) is 11.6 Å². The molecule has 0 saturated carbocycles. The number of piperidine rings is 1. The van der Waals surface area contributed by atoms with Gasteiger partial charge in [-0.2, -0.15) is 4.98 Å². The van der Waals surface area contributed by atoms with Crippen LogP contribution in [0.2, 0.25) is 0 Å². The molecule has 2 aliphatic heterocycles. The number of hydrogen-bond donors (Lipinski definition) is 2. The van der Waals surface area contributed by atoms with Crippen molar-refractivity contribution in [2.75, 3.05) is 70.1 Å². The van der Waals surface area contributed by atoms with E-state index in [1.54, 1.807) is 21.3 Å². The molecule has 0 amide bonds. The highest BCUT2D eigenvalue weighted by atomic mass is 16.5. The molecule has 3 heterocycles. The van der Waals surface area contributed by atoms with Crippen LogP contribution >= 0.6 is 0 Å². The Kier molecular flexibility index (Phi) is 8.76. The van der Waals surface area contributed by atoms with Gasteiger partial charge in [-0.15, -0.1) is 0 Å². The average Bonchev–Trinajstić information content (AvgIpc) is 3.27. The van der Waals surface area contributed by atoms with Crippen molar-refractivity contribution in [3.05, 3.63) is 35.9 Å². The lowest BCUT2D eigenvalue weighted by Gasteiger charge is -2.33. The predicted molar refractivity (Wildman–Crippen MR) is 158 cm³/mol. The second-order valence-corrected chi connectivity index (χ2v) is 10.4. The van der Waals surface area contributed by atoms with E-state index in [0.717, 1.165) is 79.7 Å². The van der Waals surface area contributed by atoms with Gasteiger partial charge in [-0.3, -0.25) is 4.90 Å². The number of aromatic nitrogens is 2. The van der Waals surface area contributed by atoms with Crippen molar-refractivity contribution in [1.82, 2.24) is 14.9 Å². The second kappa shape index (κ2) is 12.6. The van der Waals surface area contributed by atoms with E-state index >= 15 is 0 Å². The van der Waals surface area contributed by atoms with Gasteiger partial charge in [-0.05, 0) is 43.9 Å². The zero-order valence-electron chi connectivity index (χ0n) is 23.8. The average molecular weight is 535 g/mol. The minimum atomic E-state index is 0.325. The van der Waals surface area contributed by atoms with Crippen LogP contribution in [0.5, 0.6) is 17.2 Å². The Bertz CT molecular complexity index is 1230. The molecule has 2 N–H and O–H groups in total. The maximum atomic E-state index is 5.66. The van der Waals surface area contributed by atoms with Crippen molar-refractivity contribution in [2.24, 2.45) is 0 Å². The zero-order valence-corrected chi connectivity index (χ0v) is 23.8. The lowest BCUT2D eigenvalue weighted by atomic mass is 10.0. The maximum absolute atomic E-state index is 5.66. The molecule has 9 nitrogen and oxygen atoms in total. The lowest BCUT2D eigenvalue weighted by Crippen LogP contribution is -2.39.